The van der Waals surface area contributed by atoms with E-state index < -0.39 is 22.2 Å². The minimum absolute atomic E-state index is 0.0462. The molecule has 1 aliphatic heterocycles. The molecule has 1 heterocycles. The van der Waals surface area contributed by atoms with Crippen LogP contribution in [0.2, 0.25) is 0 Å². The van der Waals surface area contributed by atoms with Crippen LogP contribution >= 0.6 is 15.9 Å². The summed E-state index contributed by atoms with van der Waals surface area (Å²) in [4.78, 5) is 14.5. The zero-order valence-corrected chi connectivity index (χ0v) is 20.1. The van der Waals surface area contributed by atoms with Crippen molar-refractivity contribution in [3.05, 3.63) is 58.6 Å². The topological polar surface area (TPSA) is 87.2 Å². The Labute approximate surface area is 191 Å². The minimum Gasteiger partial charge on any atom is -0.487 e. The van der Waals surface area contributed by atoms with Crippen LogP contribution in [0.15, 0.2) is 57.9 Å². The van der Waals surface area contributed by atoms with Gasteiger partial charge in [-0.1, -0.05) is 41.1 Å². The lowest BCUT2D eigenvalue weighted by molar-refractivity contribution is 0.0563. The summed E-state index contributed by atoms with van der Waals surface area (Å²) in [5.41, 5.74) is 0.574. The molecule has 1 N–H and O–H groups in total. The second-order valence-electron chi connectivity index (χ2n) is 7.88. The lowest BCUT2D eigenvalue weighted by Gasteiger charge is -2.37. The number of likely N-dealkylation sites (N-methyl/N-ethyl adjacent to an activating group) is 1. The number of hydrogen-bond acceptors (Lipinski definition) is 5. The molecule has 0 aromatic heterocycles. The second kappa shape index (κ2) is 9.68. The van der Waals surface area contributed by atoms with E-state index in [0.29, 0.717) is 10.0 Å². The average Bonchev–Trinajstić information content (AvgIpc) is 2.75. The molecule has 1 amide bonds. The first-order valence-electron chi connectivity index (χ1n) is 10.0. The molecule has 3 rings (SSSR count). The van der Waals surface area contributed by atoms with Crippen LogP contribution in [0.5, 0.6) is 5.75 Å². The lowest BCUT2D eigenvalue weighted by Crippen LogP contribution is -2.50. The Morgan fingerprint density at radius 1 is 1.29 bits per heavy atom. The van der Waals surface area contributed by atoms with Crippen molar-refractivity contribution in [3.8, 4) is 5.75 Å². The maximum Gasteiger partial charge on any atom is 0.253 e. The molecule has 3 atom stereocenters. The van der Waals surface area contributed by atoms with Gasteiger partial charge in [-0.2, -0.15) is 4.31 Å². The summed E-state index contributed by atoms with van der Waals surface area (Å²) in [6.45, 7) is 3.71. The highest BCUT2D eigenvalue weighted by molar-refractivity contribution is 9.10. The number of fused-ring (bicyclic) bond motifs is 1. The van der Waals surface area contributed by atoms with Crippen LogP contribution in [0.1, 0.15) is 24.2 Å². The molecule has 2 aromatic carbocycles. The van der Waals surface area contributed by atoms with Gasteiger partial charge in [-0.15, -0.1) is 0 Å². The first-order valence-corrected chi connectivity index (χ1v) is 12.3. The van der Waals surface area contributed by atoms with E-state index in [9.17, 15) is 18.3 Å². The highest BCUT2D eigenvalue weighted by Crippen LogP contribution is 2.35. The molecule has 0 bridgehead atoms. The number of nitrogens with zero attached hydrogens (tertiary/aromatic N) is 2. The van der Waals surface area contributed by atoms with Crippen molar-refractivity contribution in [2.24, 2.45) is 5.92 Å². The SMILES string of the molecule is C[C@@H]1CN([C@@H](C)CO)S(=O)(=O)c2ccc(Br)cc2O[C@H]1CN(C)C(=O)c1ccccc1. The van der Waals surface area contributed by atoms with Gasteiger partial charge in [0.05, 0.1) is 13.2 Å². The fourth-order valence-corrected chi connectivity index (χ4v) is 5.74. The second-order valence-corrected chi connectivity index (χ2v) is 10.7. The molecular weight excluding hydrogens is 484 g/mol. The van der Waals surface area contributed by atoms with Crippen LogP contribution in [-0.2, 0) is 10.0 Å². The molecule has 0 saturated carbocycles. The van der Waals surface area contributed by atoms with Crippen LogP contribution < -0.4 is 4.74 Å². The van der Waals surface area contributed by atoms with Crippen LogP contribution in [0.4, 0.5) is 0 Å². The van der Waals surface area contributed by atoms with Crippen LogP contribution in [0.3, 0.4) is 0 Å². The first-order chi connectivity index (χ1) is 14.6. The van der Waals surface area contributed by atoms with Crippen molar-refractivity contribution >= 4 is 31.9 Å². The van der Waals surface area contributed by atoms with Gasteiger partial charge in [0.2, 0.25) is 10.0 Å². The number of carbonyl (C=O) groups is 1. The number of halogens is 1. The summed E-state index contributed by atoms with van der Waals surface area (Å²) in [6, 6.07) is 13.2. The molecule has 7 nitrogen and oxygen atoms in total. The van der Waals surface area contributed by atoms with Gasteiger partial charge in [0, 0.05) is 35.6 Å². The normalized spacial score (nSPS) is 21.8. The third-order valence-corrected chi connectivity index (χ3v) is 7.96. The molecule has 0 spiro atoms. The van der Waals surface area contributed by atoms with Gasteiger partial charge in [-0.25, -0.2) is 8.42 Å². The Morgan fingerprint density at radius 3 is 2.61 bits per heavy atom. The van der Waals surface area contributed by atoms with Crippen LogP contribution in [0.25, 0.3) is 0 Å². The van der Waals surface area contributed by atoms with E-state index in [4.69, 9.17) is 4.74 Å². The summed E-state index contributed by atoms with van der Waals surface area (Å²) >= 11 is 3.38. The number of aliphatic hydroxyl groups is 1. The van der Waals surface area contributed by atoms with Crippen molar-refractivity contribution in [1.29, 1.82) is 0 Å². The Hall–Kier alpha value is -1.94. The molecule has 168 valence electrons. The molecule has 0 fully saturated rings. The number of amides is 1. The highest BCUT2D eigenvalue weighted by Gasteiger charge is 2.38. The summed E-state index contributed by atoms with van der Waals surface area (Å²) in [7, 11) is -2.16. The Bertz CT molecular complexity index is 1030. The number of benzene rings is 2. The molecule has 1 aliphatic rings. The van der Waals surface area contributed by atoms with E-state index in [1.165, 1.54) is 10.4 Å². The van der Waals surface area contributed by atoms with E-state index in [1.807, 2.05) is 25.1 Å². The summed E-state index contributed by atoms with van der Waals surface area (Å²) in [6.07, 6.45) is -0.449. The zero-order chi connectivity index (χ0) is 22.8. The molecule has 0 saturated heterocycles. The maximum atomic E-state index is 13.3. The van der Waals surface area contributed by atoms with E-state index in [1.54, 1.807) is 43.1 Å². The number of carbonyl (C=O) groups excluding carboxylic acids is 1. The quantitative estimate of drug-likeness (QED) is 0.667. The third kappa shape index (κ3) is 5.11. The van der Waals surface area contributed by atoms with Gasteiger partial charge < -0.3 is 14.7 Å². The van der Waals surface area contributed by atoms with E-state index in [2.05, 4.69) is 15.9 Å². The molecule has 0 radical (unpaired) electrons. The molecule has 0 unspecified atom stereocenters. The largest absolute Gasteiger partial charge is 0.487 e. The van der Waals surface area contributed by atoms with Gasteiger partial charge in [-0.05, 0) is 37.3 Å². The van der Waals surface area contributed by atoms with E-state index in [0.717, 1.165) is 0 Å². The maximum absolute atomic E-state index is 13.3. The Kier molecular flexibility index (Phi) is 7.41. The van der Waals surface area contributed by atoms with Crippen LogP contribution in [0, 0.1) is 5.92 Å². The number of ether oxygens (including phenoxy) is 1. The van der Waals surface area contributed by atoms with Crippen molar-refractivity contribution in [2.45, 2.75) is 30.9 Å². The van der Waals surface area contributed by atoms with Gasteiger partial charge in [0.25, 0.3) is 5.91 Å². The van der Waals surface area contributed by atoms with Gasteiger partial charge in [-0.3, -0.25) is 4.79 Å². The third-order valence-electron chi connectivity index (χ3n) is 5.45. The Morgan fingerprint density at radius 2 is 1.97 bits per heavy atom. The zero-order valence-electron chi connectivity index (χ0n) is 17.7. The average molecular weight is 511 g/mol. The van der Waals surface area contributed by atoms with Gasteiger partial charge in [0.15, 0.2) is 0 Å². The Balaban J connectivity index is 1.96. The van der Waals surface area contributed by atoms with E-state index >= 15 is 0 Å². The van der Waals surface area contributed by atoms with Crippen molar-refractivity contribution < 1.29 is 23.1 Å². The summed E-state index contributed by atoms with van der Waals surface area (Å²) in [5, 5.41) is 9.67. The first kappa shape index (κ1) is 23.7. The number of hydrogen-bond donors (Lipinski definition) is 1. The minimum atomic E-state index is -3.87. The highest BCUT2D eigenvalue weighted by atomic mass is 79.9. The van der Waals surface area contributed by atoms with Crippen molar-refractivity contribution in [3.63, 3.8) is 0 Å². The molecule has 31 heavy (non-hydrogen) atoms. The predicted octanol–water partition coefficient (Wildman–Crippen LogP) is 2.99. The molecule has 0 aliphatic carbocycles. The van der Waals surface area contributed by atoms with Gasteiger partial charge >= 0.3 is 0 Å². The number of sulfonamides is 1. The van der Waals surface area contributed by atoms with Crippen LogP contribution in [-0.4, -0.2) is 67.5 Å². The fraction of sp³-hybridized carbons (Fsp3) is 0.409. The monoisotopic (exact) mass is 510 g/mol. The van der Waals surface area contributed by atoms with E-state index in [-0.39, 0.29) is 42.2 Å². The van der Waals surface area contributed by atoms with Crippen molar-refractivity contribution in [1.82, 2.24) is 9.21 Å². The standard InChI is InChI=1S/C22H27BrN2O5S/c1-15-12-25(16(2)14-26)31(28,29)21-10-9-18(23)11-19(21)30-20(15)13-24(3)22(27)17-7-5-4-6-8-17/h4-11,15-16,20,26H,12-14H2,1-3H3/t15-,16+,20+/m1/s1. The number of aliphatic hydroxyl groups excluding tert-OH is 1. The predicted molar refractivity (Wildman–Crippen MR) is 122 cm³/mol. The number of rotatable bonds is 5. The smallest absolute Gasteiger partial charge is 0.253 e. The summed E-state index contributed by atoms with van der Waals surface area (Å²) < 4.78 is 34.8. The lowest BCUT2D eigenvalue weighted by atomic mass is 10.0. The van der Waals surface area contributed by atoms with Crippen molar-refractivity contribution in [2.75, 3.05) is 26.7 Å². The summed E-state index contributed by atoms with van der Waals surface area (Å²) in [5.74, 6) is -0.148. The molecule has 9 heteroatoms. The van der Waals surface area contributed by atoms with Gasteiger partial charge in [0.1, 0.15) is 16.7 Å². The molecule has 2 aromatic rings. The fourth-order valence-electron chi connectivity index (χ4n) is 3.57. The molecular formula is C22H27BrN2O5S.